The Morgan fingerprint density at radius 3 is 2.46 bits per heavy atom. The molecule has 118 valence electrons. The van der Waals surface area contributed by atoms with Crippen molar-refractivity contribution in [3.05, 3.63) is 76.8 Å². The Kier molecular flexibility index (Phi) is 4.02. The fourth-order valence-corrected chi connectivity index (χ4v) is 3.83. The lowest BCUT2D eigenvalue weighted by molar-refractivity contribution is 0.102. The number of aromatic nitrogens is 1. The number of carbonyl (C=O) groups excluding carboxylic acids is 1. The van der Waals surface area contributed by atoms with Crippen LogP contribution in [0.1, 0.15) is 10.4 Å². The molecule has 0 aliphatic rings. The zero-order valence-corrected chi connectivity index (χ0v) is 15.8. The van der Waals surface area contributed by atoms with Crippen LogP contribution in [0.2, 0.25) is 0 Å². The molecule has 0 aliphatic carbocycles. The lowest BCUT2D eigenvalue weighted by Gasteiger charge is -2.08. The van der Waals surface area contributed by atoms with E-state index in [1.807, 2.05) is 42.5 Å². The van der Waals surface area contributed by atoms with E-state index in [9.17, 15) is 4.79 Å². The maximum Gasteiger partial charge on any atom is 0.173 e. The van der Waals surface area contributed by atoms with Crippen LogP contribution in [-0.4, -0.2) is 15.7 Å². The van der Waals surface area contributed by atoms with Crippen molar-refractivity contribution in [2.45, 2.75) is 0 Å². The van der Waals surface area contributed by atoms with E-state index < -0.39 is 0 Å². The van der Waals surface area contributed by atoms with Gasteiger partial charge in [-0.1, -0.05) is 56.1 Å². The fraction of sp³-hybridized carbons (Fsp3) is 0.0500. The highest BCUT2D eigenvalue weighted by Crippen LogP contribution is 2.33. The normalized spacial score (nSPS) is 11.2. The summed E-state index contributed by atoms with van der Waals surface area (Å²) in [5.74, 6) is 0.0937. The summed E-state index contributed by atoms with van der Waals surface area (Å²) < 4.78 is 3.27. The first-order valence-corrected chi connectivity index (χ1v) is 9.49. The summed E-state index contributed by atoms with van der Waals surface area (Å²) in [6.45, 7) is 0. The summed E-state index contributed by atoms with van der Waals surface area (Å²) in [7, 11) is 0. The lowest BCUT2D eigenvalue weighted by atomic mass is 10.1. The number of ketones is 1. The van der Waals surface area contributed by atoms with Crippen LogP contribution in [0.5, 0.6) is 0 Å². The van der Waals surface area contributed by atoms with Crippen molar-refractivity contribution in [2.24, 2.45) is 0 Å². The topological polar surface area (TPSA) is 22.0 Å². The van der Waals surface area contributed by atoms with Crippen molar-refractivity contribution in [3.63, 3.8) is 0 Å². The van der Waals surface area contributed by atoms with E-state index in [0.717, 1.165) is 37.5 Å². The van der Waals surface area contributed by atoms with E-state index in [1.165, 1.54) is 0 Å². The molecule has 1 aromatic heterocycles. The summed E-state index contributed by atoms with van der Waals surface area (Å²) >= 11 is 6.81. The average molecular weight is 443 g/mol. The highest BCUT2D eigenvalue weighted by Gasteiger charge is 2.14. The van der Waals surface area contributed by atoms with E-state index in [1.54, 1.807) is 0 Å². The van der Waals surface area contributed by atoms with Crippen LogP contribution in [-0.2, 0) is 0 Å². The molecule has 0 saturated carbocycles. The van der Waals surface area contributed by atoms with Crippen molar-refractivity contribution in [2.75, 3.05) is 5.33 Å². The highest BCUT2D eigenvalue weighted by molar-refractivity contribution is 9.10. The number of nitrogens with zero attached hydrogens (tertiary/aromatic N) is 1. The molecule has 1 heterocycles. The minimum absolute atomic E-state index is 0.0937. The number of Topliss-reactive ketones (excluding diaryl/α,β-unsaturated/α-hetero) is 1. The predicted molar refractivity (Wildman–Crippen MR) is 107 cm³/mol. The number of rotatable bonds is 3. The Labute approximate surface area is 156 Å². The quantitative estimate of drug-likeness (QED) is 0.276. The van der Waals surface area contributed by atoms with Crippen molar-refractivity contribution in [1.29, 1.82) is 0 Å². The molecule has 0 fully saturated rings. The van der Waals surface area contributed by atoms with Gasteiger partial charge in [0.25, 0.3) is 0 Å². The number of para-hydroxylation sites is 1. The third-order valence-corrected chi connectivity index (χ3v) is 5.18. The van der Waals surface area contributed by atoms with E-state index in [2.05, 4.69) is 60.7 Å². The molecule has 0 spiro atoms. The van der Waals surface area contributed by atoms with E-state index >= 15 is 0 Å². The summed E-state index contributed by atoms with van der Waals surface area (Å²) in [5, 5.41) is 2.58. The van der Waals surface area contributed by atoms with Crippen molar-refractivity contribution < 1.29 is 4.79 Å². The Balaban J connectivity index is 2.10. The van der Waals surface area contributed by atoms with Gasteiger partial charge in [0.05, 0.1) is 16.4 Å². The minimum Gasteiger partial charge on any atom is -0.309 e. The monoisotopic (exact) mass is 441 g/mol. The number of carbonyl (C=O) groups is 1. The van der Waals surface area contributed by atoms with Gasteiger partial charge >= 0.3 is 0 Å². The summed E-state index contributed by atoms with van der Waals surface area (Å²) in [6, 6.07) is 22.5. The van der Waals surface area contributed by atoms with Crippen LogP contribution in [0.4, 0.5) is 0 Å². The summed E-state index contributed by atoms with van der Waals surface area (Å²) in [5.41, 5.74) is 4.06. The number of fused-ring (bicyclic) bond motifs is 3. The molecule has 4 heteroatoms. The van der Waals surface area contributed by atoms with Gasteiger partial charge in [-0.25, -0.2) is 0 Å². The number of alkyl halides is 1. The highest BCUT2D eigenvalue weighted by atomic mass is 79.9. The SMILES string of the molecule is O=C(CBr)c1ccc2c(c1)c1ccccc1n2-c1cccc(Br)c1. The second kappa shape index (κ2) is 6.19. The first kappa shape index (κ1) is 15.6. The Bertz CT molecular complexity index is 1080. The predicted octanol–water partition coefficient (Wildman–Crippen LogP) is 6.12. The molecule has 3 aromatic carbocycles. The van der Waals surface area contributed by atoms with Crippen molar-refractivity contribution in [3.8, 4) is 5.69 Å². The van der Waals surface area contributed by atoms with Crippen molar-refractivity contribution in [1.82, 2.24) is 4.57 Å². The van der Waals surface area contributed by atoms with Gasteiger partial charge < -0.3 is 4.57 Å². The first-order valence-electron chi connectivity index (χ1n) is 7.57. The molecule has 2 nitrogen and oxygen atoms in total. The van der Waals surface area contributed by atoms with Gasteiger partial charge in [0.15, 0.2) is 5.78 Å². The van der Waals surface area contributed by atoms with Crippen LogP contribution >= 0.6 is 31.9 Å². The van der Waals surface area contributed by atoms with E-state index in [0.29, 0.717) is 5.33 Å². The molecule has 0 atom stereocenters. The van der Waals surface area contributed by atoms with Gasteiger partial charge in [0, 0.05) is 26.5 Å². The van der Waals surface area contributed by atoms with E-state index in [4.69, 9.17) is 0 Å². The molecule has 0 unspecified atom stereocenters. The Morgan fingerprint density at radius 1 is 0.875 bits per heavy atom. The Morgan fingerprint density at radius 2 is 1.67 bits per heavy atom. The van der Waals surface area contributed by atoms with Gasteiger partial charge in [-0.15, -0.1) is 0 Å². The molecule has 0 N–H and O–H groups in total. The lowest BCUT2D eigenvalue weighted by Crippen LogP contribution is -1.99. The zero-order valence-electron chi connectivity index (χ0n) is 12.7. The second-order valence-electron chi connectivity index (χ2n) is 5.62. The van der Waals surface area contributed by atoms with Crippen molar-refractivity contribution >= 4 is 59.4 Å². The first-order chi connectivity index (χ1) is 11.7. The number of hydrogen-bond acceptors (Lipinski definition) is 1. The molecular weight excluding hydrogens is 430 g/mol. The van der Waals surface area contributed by atoms with Gasteiger partial charge in [-0.2, -0.15) is 0 Å². The molecule has 4 rings (SSSR count). The van der Waals surface area contributed by atoms with Gasteiger partial charge in [0.2, 0.25) is 0 Å². The summed E-state index contributed by atoms with van der Waals surface area (Å²) in [6.07, 6.45) is 0. The largest absolute Gasteiger partial charge is 0.309 e. The number of hydrogen-bond donors (Lipinski definition) is 0. The minimum atomic E-state index is 0.0937. The van der Waals surface area contributed by atoms with E-state index in [-0.39, 0.29) is 5.78 Å². The van der Waals surface area contributed by atoms with Crippen LogP contribution in [0.3, 0.4) is 0 Å². The third kappa shape index (κ3) is 2.50. The standard InChI is InChI=1S/C20H13Br2NO/c21-12-20(24)13-8-9-19-17(10-13)16-6-1-2-7-18(16)23(19)15-5-3-4-14(22)11-15/h1-11H,12H2. The van der Waals surface area contributed by atoms with Gasteiger partial charge in [-0.3, -0.25) is 4.79 Å². The molecule has 24 heavy (non-hydrogen) atoms. The van der Waals surface area contributed by atoms with Gasteiger partial charge in [0.1, 0.15) is 0 Å². The average Bonchev–Trinajstić information content (AvgIpc) is 2.94. The maximum atomic E-state index is 12.1. The van der Waals surface area contributed by atoms with Crippen LogP contribution in [0, 0.1) is 0 Å². The smallest absolute Gasteiger partial charge is 0.173 e. The van der Waals surface area contributed by atoms with Gasteiger partial charge in [-0.05, 0) is 42.5 Å². The zero-order chi connectivity index (χ0) is 16.7. The number of benzene rings is 3. The third-order valence-electron chi connectivity index (χ3n) is 4.18. The van der Waals surface area contributed by atoms with Crippen LogP contribution in [0.25, 0.3) is 27.5 Å². The Hall–Kier alpha value is -1.91. The molecule has 0 amide bonds. The van der Waals surface area contributed by atoms with Crippen LogP contribution in [0.15, 0.2) is 71.2 Å². The number of halogens is 2. The van der Waals surface area contributed by atoms with Crippen LogP contribution < -0.4 is 0 Å². The molecular formula is C20H13Br2NO. The molecule has 0 aliphatic heterocycles. The molecule has 0 radical (unpaired) electrons. The fourth-order valence-electron chi connectivity index (χ4n) is 3.12. The molecule has 0 bridgehead atoms. The molecule has 0 saturated heterocycles. The maximum absolute atomic E-state index is 12.1. The summed E-state index contributed by atoms with van der Waals surface area (Å²) in [4.78, 5) is 12.1. The molecule has 4 aromatic rings. The second-order valence-corrected chi connectivity index (χ2v) is 7.10.